The average Bonchev–Trinajstić information content (AvgIpc) is 3.57. The van der Waals surface area contributed by atoms with Gasteiger partial charge in [-0.1, -0.05) is 109 Å². The van der Waals surface area contributed by atoms with E-state index in [-0.39, 0.29) is 61.6 Å². The van der Waals surface area contributed by atoms with E-state index in [9.17, 15) is 36.7 Å². The van der Waals surface area contributed by atoms with Crippen molar-refractivity contribution in [2.24, 2.45) is 17.8 Å². The van der Waals surface area contributed by atoms with E-state index in [0.29, 0.717) is 35.4 Å². The molecule has 1 aromatic heterocycles. The SMILES string of the molecule is C/C=C(\C=C/C(C)CC)CC(=O)NC[C@@H](NC(=O)[C@@]1(NC(=O)[C@@H](NC(=O)Cc2ccccc2F)C(C)CC)CCc2[nH]c3c(C(F)(F)F)cccc3c2C1)C(C)CC. The highest BCUT2D eigenvalue weighted by molar-refractivity contribution is 5.97. The van der Waals surface area contributed by atoms with Gasteiger partial charge in [-0.15, -0.1) is 0 Å². The van der Waals surface area contributed by atoms with Gasteiger partial charge in [0.05, 0.1) is 23.9 Å². The Kier molecular flexibility index (Phi) is 15.9. The molecule has 13 heteroatoms. The van der Waals surface area contributed by atoms with Crippen molar-refractivity contribution in [1.82, 2.24) is 26.3 Å². The first kappa shape index (κ1) is 45.8. The molecule has 2 aromatic carbocycles. The van der Waals surface area contributed by atoms with Gasteiger partial charge in [0.2, 0.25) is 23.6 Å². The Labute approximate surface area is 339 Å². The Balaban J connectivity index is 1.67. The van der Waals surface area contributed by atoms with Gasteiger partial charge in [-0.2, -0.15) is 13.2 Å². The van der Waals surface area contributed by atoms with Crippen LogP contribution in [-0.4, -0.2) is 52.8 Å². The summed E-state index contributed by atoms with van der Waals surface area (Å²) in [6.45, 7) is 13.7. The highest BCUT2D eigenvalue weighted by atomic mass is 19.4. The van der Waals surface area contributed by atoms with Gasteiger partial charge in [-0.3, -0.25) is 19.2 Å². The molecule has 1 aliphatic rings. The van der Waals surface area contributed by atoms with Crippen molar-refractivity contribution < 1.29 is 36.7 Å². The number of allylic oxidation sites excluding steroid dienone is 3. The Morgan fingerprint density at radius 1 is 0.914 bits per heavy atom. The van der Waals surface area contributed by atoms with Gasteiger partial charge in [-0.05, 0) is 66.4 Å². The fraction of sp³-hybridized carbons (Fsp3) is 0.511. The summed E-state index contributed by atoms with van der Waals surface area (Å²) < 4.78 is 56.8. The number of carbonyl (C=O) groups excluding carboxylic acids is 4. The third-order valence-electron chi connectivity index (χ3n) is 11.7. The first-order valence-corrected chi connectivity index (χ1v) is 20.4. The van der Waals surface area contributed by atoms with Crippen LogP contribution in [-0.2, 0) is 44.6 Å². The number of H-pyrrole nitrogens is 1. The third kappa shape index (κ3) is 11.4. The molecule has 0 aliphatic heterocycles. The molecular formula is C45H59F4N5O4. The van der Waals surface area contributed by atoms with Gasteiger partial charge >= 0.3 is 6.18 Å². The molecule has 3 unspecified atom stereocenters. The molecule has 0 bridgehead atoms. The van der Waals surface area contributed by atoms with Crippen LogP contribution in [0.15, 0.2) is 66.3 Å². The molecule has 0 saturated heterocycles. The summed E-state index contributed by atoms with van der Waals surface area (Å²) in [5.74, 6) is -2.74. The van der Waals surface area contributed by atoms with E-state index in [1.54, 1.807) is 19.1 Å². The largest absolute Gasteiger partial charge is 0.418 e. The van der Waals surface area contributed by atoms with E-state index in [2.05, 4.69) is 46.2 Å². The van der Waals surface area contributed by atoms with Crippen molar-refractivity contribution in [3.63, 3.8) is 0 Å². The molecular weight excluding hydrogens is 751 g/mol. The van der Waals surface area contributed by atoms with Crippen molar-refractivity contribution in [3.05, 3.63) is 94.5 Å². The normalized spacial score (nSPS) is 18.5. The number of amides is 4. The van der Waals surface area contributed by atoms with Gasteiger partial charge in [-0.25, -0.2) is 4.39 Å². The van der Waals surface area contributed by atoms with Gasteiger partial charge in [0.15, 0.2) is 0 Å². The molecule has 4 amide bonds. The number of para-hydroxylation sites is 1. The second-order valence-electron chi connectivity index (χ2n) is 15.8. The highest BCUT2D eigenvalue weighted by Gasteiger charge is 2.47. The number of nitrogens with one attached hydrogen (secondary N) is 5. The predicted octanol–water partition coefficient (Wildman–Crippen LogP) is 8.03. The van der Waals surface area contributed by atoms with Crippen molar-refractivity contribution in [2.75, 3.05) is 6.54 Å². The number of carbonyl (C=O) groups is 4. The molecule has 58 heavy (non-hydrogen) atoms. The molecule has 0 radical (unpaired) electrons. The van der Waals surface area contributed by atoms with Gasteiger partial charge in [0, 0.05) is 30.1 Å². The Morgan fingerprint density at radius 2 is 1.62 bits per heavy atom. The molecule has 1 aliphatic carbocycles. The van der Waals surface area contributed by atoms with Gasteiger partial charge < -0.3 is 26.3 Å². The van der Waals surface area contributed by atoms with Crippen LogP contribution in [0, 0.1) is 23.6 Å². The zero-order chi connectivity index (χ0) is 42.8. The lowest BCUT2D eigenvalue weighted by molar-refractivity contribution is -0.137. The van der Waals surface area contributed by atoms with Crippen LogP contribution in [0.4, 0.5) is 17.6 Å². The number of aromatic amines is 1. The van der Waals surface area contributed by atoms with Crippen LogP contribution in [0.2, 0.25) is 0 Å². The molecule has 3 aromatic rings. The van der Waals surface area contributed by atoms with Crippen LogP contribution in [0.5, 0.6) is 0 Å². The molecule has 9 nitrogen and oxygen atoms in total. The van der Waals surface area contributed by atoms with Crippen LogP contribution < -0.4 is 21.3 Å². The Hall–Kier alpha value is -4.94. The first-order valence-electron chi connectivity index (χ1n) is 20.4. The summed E-state index contributed by atoms with van der Waals surface area (Å²) in [4.78, 5) is 58.6. The summed E-state index contributed by atoms with van der Waals surface area (Å²) >= 11 is 0. The minimum Gasteiger partial charge on any atom is -0.358 e. The molecule has 0 saturated carbocycles. The molecule has 5 N–H and O–H groups in total. The lowest BCUT2D eigenvalue weighted by Gasteiger charge is -2.40. The third-order valence-corrected chi connectivity index (χ3v) is 11.7. The summed E-state index contributed by atoms with van der Waals surface area (Å²) in [7, 11) is 0. The maximum Gasteiger partial charge on any atom is 0.418 e. The summed E-state index contributed by atoms with van der Waals surface area (Å²) in [6, 6.07) is 8.05. The van der Waals surface area contributed by atoms with Gasteiger partial charge in [0.1, 0.15) is 17.4 Å². The molecule has 1 heterocycles. The number of aryl methyl sites for hydroxylation is 1. The fourth-order valence-electron chi connectivity index (χ4n) is 7.26. The zero-order valence-electron chi connectivity index (χ0n) is 34.7. The van der Waals surface area contributed by atoms with E-state index in [0.717, 1.165) is 18.1 Å². The number of aromatic nitrogens is 1. The summed E-state index contributed by atoms with van der Waals surface area (Å²) in [6.07, 6.45) is 3.23. The number of hydrogen-bond acceptors (Lipinski definition) is 4. The number of fused-ring (bicyclic) bond motifs is 3. The van der Waals surface area contributed by atoms with Crippen LogP contribution >= 0.6 is 0 Å². The quantitative estimate of drug-likeness (QED) is 0.0658. The lowest BCUT2D eigenvalue weighted by atomic mass is 9.78. The average molecular weight is 810 g/mol. The van der Waals surface area contributed by atoms with Crippen molar-refractivity contribution in [1.29, 1.82) is 0 Å². The van der Waals surface area contributed by atoms with Crippen molar-refractivity contribution in [2.45, 2.75) is 124 Å². The molecule has 0 fully saturated rings. The first-order chi connectivity index (χ1) is 27.5. The number of alkyl halides is 3. The van der Waals surface area contributed by atoms with Crippen LogP contribution in [0.3, 0.4) is 0 Å². The number of rotatable bonds is 18. The fourth-order valence-corrected chi connectivity index (χ4v) is 7.26. The monoisotopic (exact) mass is 809 g/mol. The lowest BCUT2D eigenvalue weighted by Crippen LogP contribution is -2.66. The molecule has 4 rings (SSSR count). The Bertz CT molecular complexity index is 1990. The van der Waals surface area contributed by atoms with E-state index in [4.69, 9.17) is 0 Å². The van der Waals surface area contributed by atoms with Crippen molar-refractivity contribution in [3.8, 4) is 0 Å². The minimum absolute atomic E-state index is 0.0366. The maximum atomic E-state index is 14.8. The predicted molar refractivity (Wildman–Crippen MR) is 219 cm³/mol. The summed E-state index contributed by atoms with van der Waals surface area (Å²) in [5, 5.41) is 12.1. The molecule has 316 valence electrons. The van der Waals surface area contributed by atoms with Crippen molar-refractivity contribution >= 4 is 34.5 Å². The van der Waals surface area contributed by atoms with E-state index in [1.165, 1.54) is 24.3 Å². The van der Waals surface area contributed by atoms with Crippen LogP contribution in [0.25, 0.3) is 10.9 Å². The standard InChI is InChI=1S/C45H59F4N5O4/c1-8-27(5)19-20-30(11-4)23-38(55)50-26-37(28(6)9-2)52-43(58)44(22-21-36-33(25-44)32-16-14-17-34(41(32)51-36)45(47,48)49)54-42(57)40(29(7)10-3)53-39(56)24-31-15-12-13-18-35(31)46/h11-20,27-29,37,40,51H,8-10,21-26H2,1-7H3,(H,50,55)(H,52,58)(H,53,56)(H,54,57)/b20-19-,30-11+/t27?,28?,29?,37-,40+,44-/m1/s1. The van der Waals surface area contributed by atoms with Gasteiger partial charge in [0.25, 0.3) is 0 Å². The van der Waals surface area contributed by atoms with Crippen LogP contribution in [0.1, 0.15) is 103 Å². The number of benzene rings is 2. The highest BCUT2D eigenvalue weighted by Crippen LogP contribution is 2.40. The minimum atomic E-state index is -4.63. The summed E-state index contributed by atoms with van der Waals surface area (Å²) in [5.41, 5.74) is -0.561. The zero-order valence-corrected chi connectivity index (χ0v) is 34.7. The second kappa shape index (κ2) is 20.2. The smallest absolute Gasteiger partial charge is 0.358 e. The number of hydrogen-bond donors (Lipinski definition) is 5. The van der Waals surface area contributed by atoms with E-state index in [1.807, 2.05) is 39.8 Å². The Morgan fingerprint density at radius 3 is 2.26 bits per heavy atom. The molecule has 0 spiro atoms. The van der Waals surface area contributed by atoms with E-state index < -0.39 is 58.8 Å². The van der Waals surface area contributed by atoms with E-state index >= 15 is 0 Å². The second-order valence-corrected chi connectivity index (χ2v) is 15.8. The topological polar surface area (TPSA) is 132 Å². The number of halogens is 4. The molecule has 6 atom stereocenters. The maximum absolute atomic E-state index is 14.8.